The van der Waals surface area contributed by atoms with Crippen LogP contribution in [0.3, 0.4) is 0 Å². The van der Waals surface area contributed by atoms with Gasteiger partial charge in [-0.15, -0.1) is 0 Å². The van der Waals surface area contributed by atoms with Crippen molar-refractivity contribution in [1.82, 2.24) is 0 Å². The van der Waals surface area contributed by atoms with Crippen LogP contribution in [0.25, 0.3) is 0 Å². The van der Waals surface area contributed by atoms with Gasteiger partial charge in [0.15, 0.2) is 5.78 Å². The summed E-state index contributed by atoms with van der Waals surface area (Å²) in [6.07, 6.45) is 0.192. The summed E-state index contributed by atoms with van der Waals surface area (Å²) in [5.41, 5.74) is -3.45. The molecule has 0 aliphatic rings. The van der Waals surface area contributed by atoms with E-state index in [-0.39, 0.29) is 34.4 Å². The molecule has 1 aromatic carbocycles. The molecule has 0 bridgehead atoms. The number of thioether (sulfide) groups is 1. The minimum Gasteiger partial charge on any atom is -0.294 e. The molecule has 1 aromatic rings. The fraction of sp³-hybridized carbons (Fsp3) is 0.364. The largest absolute Gasteiger partial charge is 0.446 e. The van der Waals surface area contributed by atoms with Gasteiger partial charge in [0, 0.05) is 22.2 Å². The molecule has 0 heterocycles. The molecule has 0 aliphatic carbocycles. The van der Waals surface area contributed by atoms with Crippen LogP contribution in [0, 0.1) is 0 Å². The lowest BCUT2D eigenvalue weighted by Gasteiger charge is -2.11. The smallest absolute Gasteiger partial charge is 0.294 e. The Morgan fingerprint density at radius 1 is 1.41 bits per heavy atom. The molecular weight excluding hydrogens is 317 g/mol. The van der Waals surface area contributed by atoms with Gasteiger partial charge >= 0.3 is 5.51 Å². The summed E-state index contributed by atoms with van der Waals surface area (Å²) in [5, 5.41) is 0.508. The predicted octanol–water partition coefficient (Wildman–Crippen LogP) is 4.79. The van der Waals surface area contributed by atoms with Crippen LogP contribution >= 0.6 is 27.7 Å². The van der Waals surface area contributed by atoms with Crippen LogP contribution in [0.1, 0.15) is 29.3 Å². The Labute approximate surface area is 110 Å². The van der Waals surface area contributed by atoms with Gasteiger partial charge in [-0.05, 0) is 29.5 Å². The Bertz CT molecular complexity index is 418. The van der Waals surface area contributed by atoms with Crippen molar-refractivity contribution < 1.29 is 18.0 Å². The van der Waals surface area contributed by atoms with Crippen LogP contribution in [0.5, 0.6) is 0 Å². The molecule has 94 valence electrons. The zero-order valence-electron chi connectivity index (χ0n) is 8.97. The van der Waals surface area contributed by atoms with E-state index in [1.807, 2.05) is 0 Å². The SMILES string of the molecule is CCC(=O)c1cc(CBr)ccc1SC(F)(F)F. The number of carbonyl (C=O) groups is 1. The lowest BCUT2D eigenvalue weighted by molar-refractivity contribution is -0.0328. The second-order valence-corrected chi connectivity index (χ2v) is 4.96. The van der Waals surface area contributed by atoms with Gasteiger partial charge < -0.3 is 0 Å². The molecule has 0 unspecified atom stereocenters. The van der Waals surface area contributed by atoms with Crippen LogP contribution in [0.2, 0.25) is 0 Å². The third-order valence-electron chi connectivity index (χ3n) is 2.05. The molecule has 0 spiro atoms. The topological polar surface area (TPSA) is 17.1 Å². The van der Waals surface area contributed by atoms with E-state index < -0.39 is 5.51 Å². The van der Waals surface area contributed by atoms with E-state index in [4.69, 9.17) is 0 Å². The molecule has 0 saturated heterocycles. The molecule has 0 atom stereocenters. The number of rotatable bonds is 4. The summed E-state index contributed by atoms with van der Waals surface area (Å²) in [6, 6.07) is 4.43. The van der Waals surface area contributed by atoms with Gasteiger partial charge in [0.1, 0.15) is 0 Å². The van der Waals surface area contributed by atoms with Crippen molar-refractivity contribution in [1.29, 1.82) is 0 Å². The number of benzene rings is 1. The first-order valence-corrected chi connectivity index (χ1v) is 6.79. The first-order valence-electron chi connectivity index (χ1n) is 4.85. The van der Waals surface area contributed by atoms with Crippen LogP contribution < -0.4 is 0 Å². The van der Waals surface area contributed by atoms with E-state index in [0.29, 0.717) is 5.33 Å². The number of alkyl halides is 4. The maximum atomic E-state index is 12.3. The van der Waals surface area contributed by atoms with Crippen molar-refractivity contribution >= 4 is 33.5 Å². The Morgan fingerprint density at radius 3 is 2.53 bits per heavy atom. The second kappa shape index (κ2) is 5.91. The monoisotopic (exact) mass is 326 g/mol. The molecule has 0 N–H and O–H groups in total. The molecule has 0 radical (unpaired) electrons. The van der Waals surface area contributed by atoms with Crippen LogP contribution in [-0.4, -0.2) is 11.3 Å². The van der Waals surface area contributed by atoms with E-state index in [0.717, 1.165) is 5.56 Å². The van der Waals surface area contributed by atoms with Crippen molar-refractivity contribution in [3.05, 3.63) is 29.3 Å². The van der Waals surface area contributed by atoms with Gasteiger partial charge in [0.05, 0.1) is 0 Å². The van der Waals surface area contributed by atoms with Crippen molar-refractivity contribution in [3.63, 3.8) is 0 Å². The van der Waals surface area contributed by atoms with Gasteiger partial charge in [-0.2, -0.15) is 13.2 Å². The summed E-state index contributed by atoms with van der Waals surface area (Å²) in [7, 11) is 0. The quantitative estimate of drug-likeness (QED) is 0.449. The Kier molecular flexibility index (Phi) is 5.06. The number of carbonyl (C=O) groups excluding carboxylic acids is 1. The van der Waals surface area contributed by atoms with Gasteiger partial charge in [0.25, 0.3) is 0 Å². The molecule has 1 nitrogen and oxygen atoms in total. The van der Waals surface area contributed by atoms with E-state index in [2.05, 4.69) is 15.9 Å². The second-order valence-electron chi connectivity index (χ2n) is 3.29. The number of ketones is 1. The average molecular weight is 327 g/mol. The number of hydrogen-bond acceptors (Lipinski definition) is 2. The van der Waals surface area contributed by atoms with Crippen LogP contribution in [0.15, 0.2) is 23.1 Å². The highest BCUT2D eigenvalue weighted by Crippen LogP contribution is 2.39. The third-order valence-corrected chi connectivity index (χ3v) is 3.50. The Morgan fingerprint density at radius 2 is 2.06 bits per heavy atom. The molecule has 0 aromatic heterocycles. The first-order chi connectivity index (χ1) is 7.87. The van der Waals surface area contributed by atoms with Gasteiger partial charge in [-0.3, -0.25) is 4.79 Å². The highest BCUT2D eigenvalue weighted by Gasteiger charge is 2.31. The molecule has 0 fully saturated rings. The Balaban J connectivity index is 3.15. The van der Waals surface area contributed by atoms with E-state index in [1.54, 1.807) is 13.0 Å². The zero-order chi connectivity index (χ0) is 13.1. The number of halogens is 4. The lowest BCUT2D eigenvalue weighted by Crippen LogP contribution is -2.05. The zero-order valence-corrected chi connectivity index (χ0v) is 11.4. The Hall–Kier alpha value is -0.490. The fourth-order valence-electron chi connectivity index (χ4n) is 1.28. The van der Waals surface area contributed by atoms with Gasteiger partial charge in [0.2, 0.25) is 0 Å². The molecule has 1 rings (SSSR count). The highest BCUT2D eigenvalue weighted by atomic mass is 79.9. The van der Waals surface area contributed by atoms with E-state index in [9.17, 15) is 18.0 Å². The number of Topliss-reactive ketones (excluding diaryl/α,β-unsaturated/α-hetero) is 1. The van der Waals surface area contributed by atoms with Gasteiger partial charge in [-0.1, -0.05) is 28.9 Å². The van der Waals surface area contributed by atoms with Crippen molar-refractivity contribution in [2.75, 3.05) is 0 Å². The maximum absolute atomic E-state index is 12.3. The molecule has 17 heavy (non-hydrogen) atoms. The van der Waals surface area contributed by atoms with Crippen molar-refractivity contribution in [2.45, 2.75) is 29.1 Å². The molecule has 6 heteroatoms. The van der Waals surface area contributed by atoms with E-state index >= 15 is 0 Å². The van der Waals surface area contributed by atoms with Crippen molar-refractivity contribution in [3.8, 4) is 0 Å². The minimum absolute atomic E-state index is 0.0333. The highest BCUT2D eigenvalue weighted by molar-refractivity contribution is 9.08. The number of hydrogen-bond donors (Lipinski definition) is 0. The molecule has 0 amide bonds. The van der Waals surface area contributed by atoms with Crippen molar-refractivity contribution in [2.24, 2.45) is 0 Å². The van der Waals surface area contributed by atoms with Crippen LogP contribution in [0.4, 0.5) is 13.2 Å². The summed E-state index contributed by atoms with van der Waals surface area (Å²) in [5.74, 6) is -0.278. The summed E-state index contributed by atoms with van der Waals surface area (Å²) < 4.78 is 36.9. The average Bonchev–Trinajstić information content (AvgIpc) is 2.26. The maximum Gasteiger partial charge on any atom is 0.446 e. The normalized spacial score (nSPS) is 11.6. The van der Waals surface area contributed by atoms with Crippen LogP contribution in [-0.2, 0) is 5.33 Å². The molecular formula is C11H10BrF3OS. The fourth-order valence-corrected chi connectivity index (χ4v) is 2.30. The third kappa shape index (κ3) is 4.35. The molecule has 0 saturated carbocycles. The standard InChI is InChI=1S/C11H10BrF3OS/c1-2-9(16)8-5-7(6-12)3-4-10(8)17-11(13,14)15/h3-5H,2,6H2,1H3. The predicted molar refractivity (Wildman–Crippen MR) is 65.6 cm³/mol. The summed E-state index contributed by atoms with van der Waals surface area (Å²) in [4.78, 5) is 11.6. The minimum atomic E-state index is -4.38. The summed E-state index contributed by atoms with van der Waals surface area (Å²) in [6.45, 7) is 1.63. The summed E-state index contributed by atoms with van der Waals surface area (Å²) >= 11 is 2.96. The van der Waals surface area contributed by atoms with E-state index in [1.165, 1.54) is 12.1 Å². The first kappa shape index (κ1) is 14.6. The van der Waals surface area contributed by atoms with Gasteiger partial charge in [-0.25, -0.2) is 0 Å². The molecule has 0 aliphatic heterocycles. The lowest BCUT2D eigenvalue weighted by atomic mass is 10.1.